The van der Waals surface area contributed by atoms with Crippen LogP contribution >= 0.6 is 0 Å². The lowest BCUT2D eigenvalue weighted by atomic mass is 10.1. The summed E-state index contributed by atoms with van der Waals surface area (Å²) < 4.78 is 5.94. The Hall–Kier alpha value is -2.82. The van der Waals surface area contributed by atoms with E-state index >= 15 is 0 Å². The van der Waals surface area contributed by atoms with Crippen molar-refractivity contribution >= 4 is 11.8 Å². The van der Waals surface area contributed by atoms with Crippen LogP contribution in [0.3, 0.4) is 0 Å². The fraction of sp³-hybridized carbons (Fsp3) is 0.417. The van der Waals surface area contributed by atoms with E-state index < -0.39 is 0 Å². The van der Waals surface area contributed by atoms with Gasteiger partial charge in [0.2, 0.25) is 0 Å². The Morgan fingerprint density at radius 2 is 1.76 bits per heavy atom. The third-order valence-electron chi connectivity index (χ3n) is 5.37. The summed E-state index contributed by atoms with van der Waals surface area (Å²) in [5.74, 6) is 0.684. The molecule has 1 aliphatic rings. The smallest absolute Gasteiger partial charge is 0.254 e. The highest BCUT2D eigenvalue weighted by atomic mass is 16.5. The third kappa shape index (κ3) is 5.17. The predicted molar refractivity (Wildman–Crippen MR) is 115 cm³/mol. The van der Waals surface area contributed by atoms with Crippen LogP contribution in [0.5, 0.6) is 5.75 Å². The molecule has 0 radical (unpaired) electrons. The molecule has 0 saturated carbocycles. The Bertz CT molecular complexity index is 874. The van der Waals surface area contributed by atoms with Gasteiger partial charge in [-0.15, -0.1) is 0 Å². The number of carbonyl (C=O) groups is 2. The topological polar surface area (TPSA) is 58.6 Å². The van der Waals surface area contributed by atoms with Gasteiger partial charge in [0, 0.05) is 23.7 Å². The van der Waals surface area contributed by atoms with Gasteiger partial charge < -0.3 is 15.0 Å². The Balaban J connectivity index is 1.60. The molecule has 3 rings (SSSR count). The maximum absolute atomic E-state index is 13.0. The van der Waals surface area contributed by atoms with E-state index in [4.69, 9.17) is 4.74 Å². The first-order valence-electron chi connectivity index (χ1n) is 10.3. The van der Waals surface area contributed by atoms with Crippen molar-refractivity contribution in [3.05, 3.63) is 64.7 Å². The number of nitrogens with one attached hydrogen (secondary N) is 1. The van der Waals surface area contributed by atoms with Crippen molar-refractivity contribution < 1.29 is 14.3 Å². The van der Waals surface area contributed by atoms with Crippen LogP contribution in [0, 0.1) is 13.8 Å². The first-order valence-corrected chi connectivity index (χ1v) is 10.3. The average Bonchev–Trinajstić information content (AvgIpc) is 3.16. The maximum Gasteiger partial charge on any atom is 0.254 e. The molecule has 29 heavy (non-hydrogen) atoms. The SMILES string of the molecule is Cc1ccc(C(=O)N2CCC[C@@H]2COc2ccc(C(=O)NC(C)C)cc2)cc1C. The van der Waals surface area contributed by atoms with Gasteiger partial charge in [0.25, 0.3) is 11.8 Å². The van der Waals surface area contributed by atoms with E-state index in [2.05, 4.69) is 5.32 Å². The molecule has 1 atom stereocenters. The van der Waals surface area contributed by atoms with E-state index in [9.17, 15) is 9.59 Å². The number of carbonyl (C=O) groups excluding carboxylic acids is 2. The van der Waals surface area contributed by atoms with Crippen LogP contribution in [0.25, 0.3) is 0 Å². The molecule has 1 heterocycles. The van der Waals surface area contributed by atoms with Gasteiger partial charge in [0.05, 0.1) is 6.04 Å². The van der Waals surface area contributed by atoms with Crippen LogP contribution in [-0.4, -0.2) is 41.9 Å². The first-order chi connectivity index (χ1) is 13.8. The van der Waals surface area contributed by atoms with Gasteiger partial charge in [-0.2, -0.15) is 0 Å². The Morgan fingerprint density at radius 1 is 1.07 bits per heavy atom. The zero-order valence-corrected chi connectivity index (χ0v) is 17.7. The van der Waals surface area contributed by atoms with Crippen LogP contribution in [0.4, 0.5) is 0 Å². The Morgan fingerprint density at radius 3 is 2.41 bits per heavy atom. The highest BCUT2D eigenvalue weighted by molar-refractivity contribution is 5.95. The molecule has 1 saturated heterocycles. The number of likely N-dealkylation sites (tertiary alicyclic amines) is 1. The normalized spacial score (nSPS) is 16.2. The van der Waals surface area contributed by atoms with Crippen molar-refractivity contribution in [3.63, 3.8) is 0 Å². The molecule has 1 N–H and O–H groups in total. The highest BCUT2D eigenvalue weighted by Gasteiger charge is 2.30. The van der Waals surface area contributed by atoms with E-state index in [1.807, 2.05) is 50.8 Å². The zero-order chi connectivity index (χ0) is 21.0. The van der Waals surface area contributed by atoms with Crippen molar-refractivity contribution in [3.8, 4) is 5.75 Å². The molecule has 2 amide bonds. The van der Waals surface area contributed by atoms with Crippen LogP contribution in [0.2, 0.25) is 0 Å². The van der Waals surface area contributed by atoms with Crippen molar-refractivity contribution in [1.82, 2.24) is 10.2 Å². The highest BCUT2D eigenvalue weighted by Crippen LogP contribution is 2.23. The fourth-order valence-corrected chi connectivity index (χ4v) is 3.56. The summed E-state index contributed by atoms with van der Waals surface area (Å²) in [4.78, 5) is 26.9. The summed E-state index contributed by atoms with van der Waals surface area (Å²) in [6, 6.07) is 13.2. The van der Waals surface area contributed by atoms with Crippen LogP contribution in [0.1, 0.15) is 58.5 Å². The van der Waals surface area contributed by atoms with Gasteiger partial charge in [0.1, 0.15) is 12.4 Å². The molecule has 2 aromatic rings. The zero-order valence-electron chi connectivity index (χ0n) is 17.7. The number of nitrogens with zero attached hydrogens (tertiary/aromatic N) is 1. The summed E-state index contributed by atoms with van der Waals surface area (Å²) >= 11 is 0. The van der Waals surface area contributed by atoms with Gasteiger partial charge in [0.15, 0.2) is 0 Å². The van der Waals surface area contributed by atoms with E-state index in [-0.39, 0.29) is 23.9 Å². The molecule has 1 fully saturated rings. The molecule has 0 spiro atoms. The third-order valence-corrected chi connectivity index (χ3v) is 5.37. The molecule has 1 aliphatic heterocycles. The van der Waals surface area contributed by atoms with Gasteiger partial charge in [-0.3, -0.25) is 9.59 Å². The first kappa shape index (κ1) is 20.9. The Labute approximate surface area is 173 Å². The lowest BCUT2D eigenvalue weighted by molar-refractivity contribution is 0.0691. The minimum Gasteiger partial charge on any atom is -0.491 e. The summed E-state index contributed by atoms with van der Waals surface area (Å²) in [6.45, 7) is 9.15. The second-order valence-corrected chi connectivity index (χ2v) is 8.06. The monoisotopic (exact) mass is 394 g/mol. The van der Waals surface area contributed by atoms with E-state index in [1.54, 1.807) is 24.3 Å². The van der Waals surface area contributed by atoms with Crippen LogP contribution < -0.4 is 10.1 Å². The summed E-state index contributed by atoms with van der Waals surface area (Å²) in [5, 5.41) is 2.87. The van der Waals surface area contributed by atoms with Crippen molar-refractivity contribution in [2.45, 2.75) is 52.6 Å². The largest absolute Gasteiger partial charge is 0.491 e. The molecular formula is C24H30N2O3. The minimum absolute atomic E-state index is 0.0630. The van der Waals surface area contributed by atoms with Crippen LogP contribution in [-0.2, 0) is 0 Å². The van der Waals surface area contributed by atoms with Gasteiger partial charge in [-0.25, -0.2) is 0 Å². The number of hydrogen-bond donors (Lipinski definition) is 1. The van der Waals surface area contributed by atoms with Crippen molar-refractivity contribution in [2.75, 3.05) is 13.2 Å². The number of amides is 2. The summed E-state index contributed by atoms with van der Waals surface area (Å²) in [5.41, 5.74) is 3.66. The molecule has 2 aromatic carbocycles. The maximum atomic E-state index is 13.0. The molecule has 154 valence electrons. The quantitative estimate of drug-likeness (QED) is 0.802. The van der Waals surface area contributed by atoms with E-state index in [0.29, 0.717) is 17.9 Å². The summed E-state index contributed by atoms with van der Waals surface area (Å²) in [7, 11) is 0. The number of ether oxygens (including phenoxy) is 1. The van der Waals surface area contributed by atoms with Gasteiger partial charge in [-0.1, -0.05) is 6.07 Å². The van der Waals surface area contributed by atoms with E-state index in [0.717, 1.165) is 30.5 Å². The number of rotatable bonds is 6. The van der Waals surface area contributed by atoms with Gasteiger partial charge in [-0.05, 0) is 88.1 Å². The Kier molecular flexibility index (Phi) is 6.57. The minimum atomic E-state index is -0.0903. The second-order valence-electron chi connectivity index (χ2n) is 8.06. The molecule has 0 unspecified atom stereocenters. The number of benzene rings is 2. The van der Waals surface area contributed by atoms with Crippen LogP contribution in [0.15, 0.2) is 42.5 Å². The summed E-state index contributed by atoms with van der Waals surface area (Å²) in [6.07, 6.45) is 1.92. The molecule has 5 heteroatoms. The molecular weight excluding hydrogens is 364 g/mol. The predicted octanol–water partition coefficient (Wildman–Crippen LogP) is 4.13. The molecule has 0 bridgehead atoms. The lowest BCUT2D eigenvalue weighted by Gasteiger charge is -2.25. The number of hydrogen-bond acceptors (Lipinski definition) is 3. The molecule has 0 aliphatic carbocycles. The average molecular weight is 395 g/mol. The molecule has 0 aromatic heterocycles. The van der Waals surface area contributed by atoms with Crippen molar-refractivity contribution in [2.24, 2.45) is 0 Å². The fourth-order valence-electron chi connectivity index (χ4n) is 3.56. The standard InChI is InChI=1S/C24H30N2O3/c1-16(2)25-23(27)19-9-11-22(12-10-19)29-15-21-6-5-13-26(21)24(28)20-8-7-17(3)18(4)14-20/h7-12,14,16,21H,5-6,13,15H2,1-4H3,(H,25,27)/t21-/m1/s1. The van der Waals surface area contributed by atoms with E-state index in [1.165, 1.54) is 5.56 Å². The van der Waals surface area contributed by atoms with Crippen molar-refractivity contribution in [1.29, 1.82) is 0 Å². The molecule has 5 nitrogen and oxygen atoms in total. The number of aryl methyl sites for hydroxylation is 2. The lowest BCUT2D eigenvalue weighted by Crippen LogP contribution is -2.39. The van der Waals surface area contributed by atoms with Gasteiger partial charge >= 0.3 is 0 Å². The second kappa shape index (κ2) is 9.12.